The van der Waals surface area contributed by atoms with Crippen molar-refractivity contribution in [3.63, 3.8) is 0 Å². The van der Waals surface area contributed by atoms with Gasteiger partial charge in [-0.15, -0.1) is 0 Å². The van der Waals surface area contributed by atoms with Crippen LogP contribution >= 0.6 is 0 Å². The van der Waals surface area contributed by atoms with E-state index in [-0.39, 0.29) is 11.8 Å². The topological polar surface area (TPSA) is 55.1 Å². The third kappa shape index (κ3) is 5.85. The van der Waals surface area contributed by atoms with Crippen LogP contribution in [0, 0.1) is 11.8 Å². The lowest BCUT2D eigenvalue weighted by Gasteiger charge is -2.26. The van der Waals surface area contributed by atoms with Crippen molar-refractivity contribution < 1.29 is 4.79 Å². The number of hydrogen-bond acceptors (Lipinski definition) is 2. The summed E-state index contributed by atoms with van der Waals surface area (Å²) in [5.74, 6) is 1.19. The molecule has 1 aliphatic carbocycles. The van der Waals surface area contributed by atoms with Crippen molar-refractivity contribution >= 4 is 5.91 Å². The largest absolute Gasteiger partial charge is 0.356 e. The fourth-order valence-corrected chi connectivity index (χ4v) is 2.74. The van der Waals surface area contributed by atoms with Crippen molar-refractivity contribution in [1.29, 1.82) is 0 Å². The Hall–Kier alpha value is -0.570. The monoisotopic (exact) mass is 254 g/mol. The highest BCUT2D eigenvalue weighted by atomic mass is 16.1. The molecule has 3 nitrogen and oxygen atoms in total. The number of nitrogens with two attached hydrogens (primary N) is 1. The maximum atomic E-state index is 11.9. The zero-order chi connectivity index (χ0) is 13.2. The van der Waals surface area contributed by atoms with Gasteiger partial charge in [0.05, 0.1) is 0 Å². The van der Waals surface area contributed by atoms with Gasteiger partial charge in [0.15, 0.2) is 0 Å². The van der Waals surface area contributed by atoms with Crippen LogP contribution in [0.15, 0.2) is 0 Å². The summed E-state index contributed by atoms with van der Waals surface area (Å²) in [5.41, 5.74) is 5.66. The van der Waals surface area contributed by atoms with Crippen LogP contribution in [-0.2, 0) is 4.79 Å². The number of carbonyl (C=O) groups is 1. The second-order valence-electron chi connectivity index (χ2n) is 5.66. The molecule has 0 aromatic rings. The normalized spacial score (nSPS) is 23.9. The summed E-state index contributed by atoms with van der Waals surface area (Å²) < 4.78 is 0. The Balaban J connectivity index is 2.03. The van der Waals surface area contributed by atoms with E-state index in [2.05, 4.69) is 12.2 Å². The lowest BCUT2D eigenvalue weighted by Crippen LogP contribution is -2.34. The average molecular weight is 254 g/mol. The van der Waals surface area contributed by atoms with Crippen molar-refractivity contribution in [2.24, 2.45) is 17.6 Å². The van der Waals surface area contributed by atoms with Crippen LogP contribution < -0.4 is 11.1 Å². The molecule has 0 heterocycles. The number of rotatable bonds is 8. The maximum Gasteiger partial charge on any atom is 0.223 e. The number of carbonyl (C=O) groups excluding carboxylic acids is 1. The van der Waals surface area contributed by atoms with E-state index in [1.807, 2.05) is 0 Å². The van der Waals surface area contributed by atoms with Gasteiger partial charge < -0.3 is 11.1 Å². The van der Waals surface area contributed by atoms with E-state index < -0.39 is 0 Å². The molecule has 0 spiro atoms. The standard InChI is InChI=1S/C15H30N2O/c1-2-3-4-5-6-11-17-15(18)14-9-7-13(12-16)8-10-14/h13-14H,2-12,16H2,1H3,(H,17,18). The molecular weight excluding hydrogens is 224 g/mol. The summed E-state index contributed by atoms with van der Waals surface area (Å²) >= 11 is 0. The highest BCUT2D eigenvalue weighted by molar-refractivity contribution is 5.78. The molecule has 0 aromatic carbocycles. The molecule has 1 saturated carbocycles. The molecule has 0 atom stereocenters. The third-order valence-corrected chi connectivity index (χ3v) is 4.13. The van der Waals surface area contributed by atoms with Gasteiger partial charge in [-0.3, -0.25) is 4.79 Å². The molecule has 3 heteroatoms. The van der Waals surface area contributed by atoms with E-state index in [0.29, 0.717) is 5.92 Å². The molecule has 18 heavy (non-hydrogen) atoms. The van der Waals surface area contributed by atoms with Crippen LogP contribution in [0.3, 0.4) is 0 Å². The molecule has 1 amide bonds. The van der Waals surface area contributed by atoms with Crippen molar-refractivity contribution in [2.75, 3.05) is 13.1 Å². The van der Waals surface area contributed by atoms with Crippen molar-refractivity contribution in [3.8, 4) is 0 Å². The molecule has 0 aromatic heterocycles. The van der Waals surface area contributed by atoms with Gasteiger partial charge in [0.1, 0.15) is 0 Å². The lowest BCUT2D eigenvalue weighted by molar-refractivity contribution is -0.126. The Morgan fingerprint density at radius 1 is 1.11 bits per heavy atom. The summed E-state index contributed by atoms with van der Waals surface area (Å²) in [4.78, 5) is 11.9. The van der Waals surface area contributed by atoms with Gasteiger partial charge in [-0.2, -0.15) is 0 Å². The molecule has 1 aliphatic rings. The molecule has 0 aliphatic heterocycles. The zero-order valence-corrected chi connectivity index (χ0v) is 11.9. The summed E-state index contributed by atoms with van der Waals surface area (Å²) in [5, 5.41) is 3.09. The molecule has 0 saturated heterocycles. The van der Waals surface area contributed by atoms with Gasteiger partial charge >= 0.3 is 0 Å². The van der Waals surface area contributed by atoms with Gasteiger partial charge in [-0.1, -0.05) is 32.6 Å². The first kappa shape index (κ1) is 15.5. The minimum absolute atomic E-state index is 0.253. The van der Waals surface area contributed by atoms with Crippen LogP contribution in [0.5, 0.6) is 0 Å². The van der Waals surface area contributed by atoms with E-state index in [9.17, 15) is 4.79 Å². The first-order valence-electron chi connectivity index (χ1n) is 7.75. The fourth-order valence-electron chi connectivity index (χ4n) is 2.74. The maximum absolute atomic E-state index is 11.9. The minimum atomic E-state index is 0.253. The van der Waals surface area contributed by atoms with E-state index in [4.69, 9.17) is 5.73 Å². The lowest BCUT2D eigenvalue weighted by atomic mass is 9.81. The quantitative estimate of drug-likeness (QED) is 0.654. The molecule has 1 rings (SSSR count). The predicted molar refractivity (Wildman–Crippen MR) is 76.3 cm³/mol. The Morgan fingerprint density at radius 3 is 2.39 bits per heavy atom. The number of hydrogen-bond donors (Lipinski definition) is 2. The van der Waals surface area contributed by atoms with E-state index in [0.717, 1.165) is 45.2 Å². The van der Waals surface area contributed by atoms with Gasteiger partial charge in [0, 0.05) is 12.5 Å². The fraction of sp³-hybridized carbons (Fsp3) is 0.933. The van der Waals surface area contributed by atoms with Gasteiger partial charge in [-0.05, 0) is 44.6 Å². The molecule has 1 fully saturated rings. The van der Waals surface area contributed by atoms with Crippen LogP contribution in [0.1, 0.15) is 64.7 Å². The van der Waals surface area contributed by atoms with Crippen LogP contribution in [0.25, 0.3) is 0 Å². The van der Waals surface area contributed by atoms with E-state index in [1.54, 1.807) is 0 Å². The van der Waals surface area contributed by atoms with Crippen LogP contribution in [0.4, 0.5) is 0 Å². The van der Waals surface area contributed by atoms with Crippen LogP contribution in [-0.4, -0.2) is 19.0 Å². The second-order valence-corrected chi connectivity index (χ2v) is 5.66. The number of unbranched alkanes of at least 4 members (excludes halogenated alkanes) is 4. The highest BCUT2D eigenvalue weighted by Crippen LogP contribution is 2.28. The van der Waals surface area contributed by atoms with E-state index >= 15 is 0 Å². The Labute approximate surface area is 112 Å². The zero-order valence-electron chi connectivity index (χ0n) is 11.9. The van der Waals surface area contributed by atoms with E-state index in [1.165, 1.54) is 25.7 Å². The SMILES string of the molecule is CCCCCCCNC(=O)C1CCC(CN)CC1. The first-order valence-corrected chi connectivity index (χ1v) is 7.75. The highest BCUT2D eigenvalue weighted by Gasteiger charge is 2.25. The van der Waals surface area contributed by atoms with Gasteiger partial charge in [0.2, 0.25) is 5.91 Å². The van der Waals surface area contributed by atoms with Crippen molar-refractivity contribution in [3.05, 3.63) is 0 Å². The first-order chi connectivity index (χ1) is 8.77. The minimum Gasteiger partial charge on any atom is -0.356 e. The number of amides is 1. The molecule has 0 bridgehead atoms. The van der Waals surface area contributed by atoms with Crippen molar-refractivity contribution in [1.82, 2.24) is 5.32 Å². The van der Waals surface area contributed by atoms with Crippen molar-refractivity contribution in [2.45, 2.75) is 64.7 Å². The average Bonchev–Trinajstić information content (AvgIpc) is 2.42. The molecule has 3 N–H and O–H groups in total. The molecule has 106 valence electrons. The Kier molecular flexibility index (Phi) is 8.06. The summed E-state index contributed by atoms with van der Waals surface area (Å²) in [7, 11) is 0. The summed E-state index contributed by atoms with van der Waals surface area (Å²) in [6, 6.07) is 0. The van der Waals surface area contributed by atoms with Gasteiger partial charge in [0.25, 0.3) is 0 Å². The predicted octanol–water partition coefficient (Wildman–Crippen LogP) is 2.84. The summed E-state index contributed by atoms with van der Waals surface area (Å²) in [6.07, 6.45) is 10.6. The molecule has 0 unspecified atom stereocenters. The molecular formula is C15H30N2O. The third-order valence-electron chi connectivity index (χ3n) is 4.13. The Bertz CT molecular complexity index is 223. The smallest absolute Gasteiger partial charge is 0.223 e. The number of nitrogens with one attached hydrogen (secondary N) is 1. The summed E-state index contributed by atoms with van der Waals surface area (Å²) in [6.45, 7) is 3.87. The molecule has 0 radical (unpaired) electrons. The Morgan fingerprint density at radius 2 is 1.78 bits per heavy atom. The van der Waals surface area contributed by atoms with Gasteiger partial charge in [-0.25, -0.2) is 0 Å². The second kappa shape index (κ2) is 9.37. The van der Waals surface area contributed by atoms with Crippen LogP contribution in [0.2, 0.25) is 0 Å².